The average Bonchev–Trinajstić information content (AvgIpc) is 2.66. The van der Waals surface area contributed by atoms with E-state index in [0.29, 0.717) is 25.3 Å². The highest BCUT2D eigenvalue weighted by Gasteiger charge is 2.28. The van der Waals surface area contributed by atoms with Crippen LogP contribution in [0.3, 0.4) is 0 Å². The first-order valence-corrected chi connectivity index (χ1v) is 12.2. The summed E-state index contributed by atoms with van der Waals surface area (Å²) in [6, 6.07) is 4.71. The number of hydrogen-bond acceptors (Lipinski definition) is 3. The molecule has 0 atom stereocenters. The molecule has 2 N–H and O–H groups in total. The van der Waals surface area contributed by atoms with Gasteiger partial charge in [0.25, 0.3) is 5.91 Å². The van der Waals surface area contributed by atoms with Crippen molar-refractivity contribution in [2.24, 2.45) is 0 Å². The number of halogens is 1. The van der Waals surface area contributed by atoms with Crippen LogP contribution >= 0.6 is 11.6 Å². The Morgan fingerprint density at radius 2 is 1.61 bits per heavy atom. The highest BCUT2D eigenvalue weighted by Crippen LogP contribution is 2.29. The van der Waals surface area contributed by atoms with E-state index >= 15 is 0 Å². The van der Waals surface area contributed by atoms with Crippen molar-refractivity contribution in [1.29, 1.82) is 0 Å². The maximum Gasteiger partial charge on any atom is 0.279 e. The van der Waals surface area contributed by atoms with Crippen LogP contribution in [0.15, 0.2) is 23.1 Å². The van der Waals surface area contributed by atoms with Crippen molar-refractivity contribution in [2.45, 2.75) is 56.3 Å². The fourth-order valence-electron chi connectivity index (χ4n) is 4.04. The number of carbonyl (C=O) groups is 1. The average molecular weight is 429 g/mol. The van der Waals surface area contributed by atoms with Crippen molar-refractivity contribution in [3.63, 3.8) is 0 Å². The Balaban J connectivity index is 1.67. The Hall–Kier alpha value is -1.15. The summed E-state index contributed by atoms with van der Waals surface area (Å²) in [5, 5.41) is 3.06. The summed E-state index contributed by atoms with van der Waals surface area (Å²) in [6.45, 7) is 3.49. The molecule has 2 aliphatic rings. The van der Waals surface area contributed by atoms with Gasteiger partial charge in [0, 0.05) is 18.8 Å². The number of nitrogens with zero attached hydrogens (tertiary/aromatic N) is 1. The molecule has 0 spiro atoms. The smallest absolute Gasteiger partial charge is 0.279 e. The maximum absolute atomic E-state index is 13.0. The van der Waals surface area contributed by atoms with Crippen molar-refractivity contribution >= 4 is 33.2 Å². The first kappa shape index (κ1) is 21.6. The van der Waals surface area contributed by atoms with Gasteiger partial charge in [0.1, 0.15) is 4.90 Å². The molecule has 0 aliphatic carbocycles. The third-order valence-corrected chi connectivity index (χ3v) is 8.00. The van der Waals surface area contributed by atoms with Crippen LogP contribution < -0.4 is 10.2 Å². The molecule has 2 heterocycles. The van der Waals surface area contributed by atoms with Crippen LogP contribution in [0.1, 0.15) is 51.4 Å². The quantitative estimate of drug-likeness (QED) is 0.755. The molecule has 0 saturated carbocycles. The van der Waals surface area contributed by atoms with Gasteiger partial charge in [-0.1, -0.05) is 24.4 Å². The van der Waals surface area contributed by atoms with Crippen LogP contribution in [0.4, 0.5) is 5.69 Å². The summed E-state index contributed by atoms with van der Waals surface area (Å²) in [6.07, 6.45) is 8.86. The lowest BCUT2D eigenvalue weighted by atomic mass is 10.1. The lowest BCUT2D eigenvalue weighted by Gasteiger charge is -2.26. The summed E-state index contributed by atoms with van der Waals surface area (Å²) in [5.74, 6) is -0.0841. The number of carbonyl (C=O) groups excluding carboxylic acids is 1. The largest absolute Gasteiger partial charge is 0.327 e. The van der Waals surface area contributed by atoms with E-state index in [2.05, 4.69) is 5.32 Å². The number of likely N-dealkylation sites (tertiary alicyclic amines) is 1. The van der Waals surface area contributed by atoms with Gasteiger partial charge in [-0.3, -0.25) is 4.79 Å². The molecular weight excluding hydrogens is 398 g/mol. The van der Waals surface area contributed by atoms with Gasteiger partial charge in [-0.15, -0.1) is 0 Å². The molecule has 2 saturated heterocycles. The van der Waals surface area contributed by atoms with E-state index in [4.69, 9.17) is 11.6 Å². The summed E-state index contributed by atoms with van der Waals surface area (Å²) >= 11 is 6.20. The Bertz CT molecular complexity index is 771. The van der Waals surface area contributed by atoms with E-state index in [1.165, 1.54) is 34.5 Å². The first-order valence-electron chi connectivity index (χ1n) is 10.4. The van der Waals surface area contributed by atoms with Crippen LogP contribution in [-0.2, 0) is 14.8 Å². The van der Waals surface area contributed by atoms with Gasteiger partial charge in [0.05, 0.1) is 18.1 Å². The molecule has 8 heteroatoms. The highest BCUT2D eigenvalue weighted by molar-refractivity contribution is 7.89. The zero-order valence-corrected chi connectivity index (χ0v) is 18.0. The van der Waals surface area contributed by atoms with Crippen molar-refractivity contribution in [1.82, 2.24) is 4.31 Å². The Morgan fingerprint density at radius 1 is 1.00 bits per heavy atom. The Kier molecular flexibility index (Phi) is 7.74. The molecule has 3 rings (SSSR count). The second-order valence-electron chi connectivity index (χ2n) is 7.85. The molecule has 0 unspecified atom stereocenters. The minimum atomic E-state index is -3.64. The van der Waals surface area contributed by atoms with Gasteiger partial charge in [0.15, 0.2) is 6.54 Å². The van der Waals surface area contributed by atoms with Crippen LogP contribution in [0.5, 0.6) is 0 Å². The zero-order valence-electron chi connectivity index (χ0n) is 16.4. The predicted molar refractivity (Wildman–Crippen MR) is 111 cm³/mol. The Labute approximate surface area is 173 Å². The fraction of sp³-hybridized carbons (Fsp3) is 0.650. The molecule has 28 heavy (non-hydrogen) atoms. The van der Waals surface area contributed by atoms with Gasteiger partial charge >= 0.3 is 0 Å². The maximum atomic E-state index is 13.0. The number of amides is 1. The number of piperidine rings is 1. The van der Waals surface area contributed by atoms with Gasteiger partial charge in [-0.2, -0.15) is 4.31 Å². The predicted octanol–water partition coefficient (Wildman–Crippen LogP) is 2.30. The molecule has 1 aromatic carbocycles. The van der Waals surface area contributed by atoms with Crippen LogP contribution in [0.2, 0.25) is 5.02 Å². The Morgan fingerprint density at radius 3 is 2.29 bits per heavy atom. The molecule has 0 bridgehead atoms. The molecule has 1 aromatic rings. The van der Waals surface area contributed by atoms with Crippen molar-refractivity contribution in [3.05, 3.63) is 23.2 Å². The third kappa shape index (κ3) is 5.69. The molecule has 6 nitrogen and oxygen atoms in total. The molecule has 1 amide bonds. The SMILES string of the molecule is O=C(C[NH+]1CCCCCCC1)Nc1ccc(Cl)c(S(=O)(=O)N2CCCCC2)c1. The van der Waals surface area contributed by atoms with E-state index in [1.54, 1.807) is 12.1 Å². The molecule has 0 radical (unpaired) electrons. The number of quaternary nitrogens is 1. The summed E-state index contributed by atoms with van der Waals surface area (Å²) < 4.78 is 27.4. The van der Waals surface area contributed by atoms with E-state index in [1.807, 2.05) is 0 Å². The lowest BCUT2D eigenvalue weighted by molar-refractivity contribution is -0.892. The van der Waals surface area contributed by atoms with Crippen LogP contribution in [0.25, 0.3) is 0 Å². The molecule has 2 fully saturated rings. The minimum absolute atomic E-state index is 0.0764. The third-order valence-electron chi connectivity index (χ3n) is 5.62. The fourth-order valence-corrected chi connectivity index (χ4v) is 6.05. The van der Waals surface area contributed by atoms with Crippen molar-refractivity contribution in [2.75, 3.05) is 38.0 Å². The minimum Gasteiger partial charge on any atom is -0.327 e. The standard InChI is InChI=1S/C20H30ClN3O3S/c21-18-10-9-17(15-19(18)28(26,27)24-13-7-4-8-14-24)22-20(25)16-23-11-5-2-1-3-6-12-23/h9-10,15H,1-8,11-14,16H2,(H,22,25)/p+1. The van der Waals surface area contributed by atoms with Gasteiger partial charge in [-0.05, 0) is 56.7 Å². The molecule has 2 aliphatic heterocycles. The van der Waals surface area contributed by atoms with Crippen LogP contribution in [-0.4, -0.2) is 51.4 Å². The van der Waals surface area contributed by atoms with Gasteiger partial charge in [-0.25, -0.2) is 8.42 Å². The highest BCUT2D eigenvalue weighted by atomic mass is 35.5. The van der Waals surface area contributed by atoms with E-state index in [0.717, 1.165) is 45.2 Å². The molecule has 0 aromatic heterocycles. The number of benzene rings is 1. The van der Waals surface area contributed by atoms with Crippen LogP contribution in [0, 0.1) is 0 Å². The lowest BCUT2D eigenvalue weighted by Crippen LogP contribution is -3.13. The summed E-state index contributed by atoms with van der Waals surface area (Å²) in [4.78, 5) is 13.9. The van der Waals surface area contributed by atoms with Gasteiger partial charge < -0.3 is 10.2 Å². The number of anilines is 1. The topological polar surface area (TPSA) is 70.9 Å². The van der Waals surface area contributed by atoms with Crippen molar-refractivity contribution in [3.8, 4) is 0 Å². The van der Waals surface area contributed by atoms with E-state index in [-0.39, 0.29) is 15.8 Å². The summed E-state index contributed by atoms with van der Waals surface area (Å²) in [7, 11) is -3.64. The monoisotopic (exact) mass is 428 g/mol. The van der Waals surface area contributed by atoms with Crippen molar-refractivity contribution < 1.29 is 18.1 Å². The van der Waals surface area contributed by atoms with Gasteiger partial charge in [0.2, 0.25) is 10.0 Å². The number of nitrogens with one attached hydrogen (secondary N) is 2. The first-order chi connectivity index (χ1) is 13.5. The van der Waals surface area contributed by atoms with E-state index in [9.17, 15) is 13.2 Å². The second kappa shape index (κ2) is 10.1. The zero-order chi connectivity index (χ0) is 20.0. The number of sulfonamides is 1. The molecule has 156 valence electrons. The number of hydrogen-bond donors (Lipinski definition) is 2. The number of rotatable bonds is 5. The molecular formula is C20H31ClN3O3S+. The second-order valence-corrected chi connectivity index (χ2v) is 10.2. The summed E-state index contributed by atoms with van der Waals surface area (Å²) in [5.41, 5.74) is 0.483. The van der Waals surface area contributed by atoms with E-state index < -0.39 is 10.0 Å². The normalized spacial score (nSPS) is 20.3.